The number of hydrogen-bond acceptors (Lipinski definition) is 6. The molecule has 2 aromatic rings. The number of rotatable bonds is 9. The monoisotopic (exact) mass is 528 g/mol. The third-order valence-electron chi connectivity index (χ3n) is 5.19. The van der Waals surface area contributed by atoms with E-state index in [0.29, 0.717) is 28.2 Å². The Morgan fingerprint density at radius 2 is 2.10 bits per heavy atom. The maximum atomic E-state index is 13.4. The van der Waals surface area contributed by atoms with E-state index in [9.17, 15) is 14.0 Å². The van der Waals surface area contributed by atoms with Crippen molar-refractivity contribution < 1.29 is 18.7 Å². The van der Waals surface area contributed by atoms with Crippen LogP contribution in [0.15, 0.2) is 34.8 Å². The molecule has 2 heterocycles. The van der Waals surface area contributed by atoms with Gasteiger partial charge in [0.05, 0.1) is 11.6 Å². The molecule has 31 heavy (non-hydrogen) atoms. The normalized spacial score (nSPS) is 15.9. The summed E-state index contributed by atoms with van der Waals surface area (Å²) in [7, 11) is 1.37. The van der Waals surface area contributed by atoms with Crippen LogP contribution in [-0.4, -0.2) is 53.7 Å². The summed E-state index contributed by atoms with van der Waals surface area (Å²) in [5.41, 5.74) is 1.10. The second-order valence-corrected chi connectivity index (χ2v) is 10.6. The lowest BCUT2D eigenvalue weighted by molar-refractivity contribution is 0.0241. The van der Waals surface area contributed by atoms with E-state index in [-0.39, 0.29) is 17.0 Å². The van der Waals surface area contributed by atoms with E-state index in [1.165, 1.54) is 36.3 Å². The number of halogens is 2. The molecule has 0 saturated carbocycles. The molecule has 1 unspecified atom stereocenters. The predicted molar refractivity (Wildman–Crippen MR) is 127 cm³/mol. The fraction of sp³-hybridized carbons (Fsp3) is 0.455. The largest absolute Gasteiger partial charge is 0.465 e. The van der Waals surface area contributed by atoms with Crippen LogP contribution in [0.1, 0.15) is 33.5 Å². The average Bonchev–Trinajstić information content (AvgIpc) is 3.22. The van der Waals surface area contributed by atoms with Crippen LogP contribution in [0.5, 0.6) is 0 Å². The van der Waals surface area contributed by atoms with Crippen LogP contribution in [0.25, 0.3) is 0 Å². The van der Waals surface area contributed by atoms with E-state index in [2.05, 4.69) is 27.9 Å². The van der Waals surface area contributed by atoms with Crippen LogP contribution >= 0.6 is 39.0 Å². The van der Waals surface area contributed by atoms with Crippen LogP contribution < -0.4 is 0 Å². The lowest BCUT2D eigenvalue weighted by atomic mass is 9.98. The van der Waals surface area contributed by atoms with Gasteiger partial charge >= 0.3 is 5.97 Å². The van der Waals surface area contributed by atoms with Gasteiger partial charge in [-0.25, -0.2) is 14.2 Å². The van der Waals surface area contributed by atoms with Gasteiger partial charge in [-0.05, 0) is 64.5 Å². The summed E-state index contributed by atoms with van der Waals surface area (Å²) in [6.45, 7) is 4.41. The van der Waals surface area contributed by atoms with Gasteiger partial charge in [-0.1, -0.05) is 24.8 Å². The Morgan fingerprint density at radius 1 is 1.29 bits per heavy atom. The molecule has 1 atom stereocenters. The maximum Gasteiger partial charge on any atom is 0.348 e. The first kappa shape index (κ1) is 24.2. The van der Waals surface area contributed by atoms with Gasteiger partial charge in [0.1, 0.15) is 10.7 Å². The minimum atomic E-state index is -0.329. The van der Waals surface area contributed by atoms with Crippen molar-refractivity contribution in [2.45, 2.75) is 26.2 Å². The summed E-state index contributed by atoms with van der Waals surface area (Å²) < 4.78 is 18.7. The SMILES string of the molecule is COC(=O)c1ccc(CCN2C(=O)SCCN2CCC(C)Cc2ccc(F)c(Br)c2)s1. The summed E-state index contributed by atoms with van der Waals surface area (Å²) in [6.07, 6.45) is 2.50. The first-order valence-corrected chi connectivity index (χ1v) is 12.8. The van der Waals surface area contributed by atoms with Gasteiger partial charge in [0.15, 0.2) is 0 Å². The third-order valence-corrected chi connectivity index (χ3v) is 7.77. The number of carbonyl (C=O) groups is 2. The highest BCUT2D eigenvalue weighted by atomic mass is 79.9. The molecule has 0 spiro atoms. The Labute approximate surface area is 199 Å². The van der Waals surface area contributed by atoms with E-state index in [1.807, 2.05) is 23.2 Å². The van der Waals surface area contributed by atoms with Gasteiger partial charge in [-0.2, -0.15) is 0 Å². The second kappa shape index (κ2) is 11.4. The molecule has 1 aliphatic rings. The van der Waals surface area contributed by atoms with E-state index >= 15 is 0 Å². The first-order valence-electron chi connectivity index (χ1n) is 10.2. The standard InChI is InChI=1S/C22H26BrFN2O3S2/c1-15(13-16-3-5-19(24)18(23)14-16)7-9-25-11-12-30-22(28)26(25)10-8-17-4-6-20(31-17)21(27)29-2/h3-6,14-15H,7-13H2,1-2H3. The van der Waals surface area contributed by atoms with Gasteiger partial charge in [0.25, 0.3) is 5.24 Å². The molecule has 0 N–H and O–H groups in total. The van der Waals surface area contributed by atoms with E-state index < -0.39 is 0 Å². The average molecular weight is 529 g/mol. The van der Waals surface area contributed by atoms with Crippen molar-refractivity contribution in [3.63, 3.8) is 0 Å². The van der Waals surface area contributed by atoms with Gasteiger partial charge in [-0.15, -0.1) is 11.3 Å². The number of carbonyl (C=O) groups excluding carboxylic acids is 2. The van der Waals surface area contributed by atoms with Gasteiger partial charge in [0, 0.05) is 36.7 Å². The number of esters is 1. The van der Waals surface area contributed by atoms with Gasteiger partial charge in [0.2, 0.25) is 0 Å². The second-order valence-electron chi connectivity index (χ2n) is 7.55. The minimum Gasteiger partial charge on any atom is -0.465 e. The number of nitrogens with zero attached hydrogens (tertiary/aromatic N) is 2. The molecule has 0 aliphatic carbocycles. The number of amides is 1. The summed E-state index contributed by atoms with van der Waals surface area (Å²) in [6, 6.07) is 8.85. The van der Waals surface area contributed by atoms with E-state index in [1.54, 1.807) is 6.07 Å². The number of hydrazine groups is 1. The summed E-state index contributed by atoms with van der Waals surface area (Å²) in [5.74, 6) is 0.620. The van der Waals surface area contributed by atoms with Crippen LogP contribution in [0.3, 0.4) is 0 Å². The number of thiophene rings is 1. The predicted octanol–water partition coefficient (Wildman–Crippen LogP) is 5.63. The van der Waals surface area contributed by atoms with Crippen LogP contribution in [0.2, 0.25) is 0 Å². The number of hydrogen-bond donors (Lipinski definition) is 0. The highest BCUT2D eigenvalue weighted by molar-refractivity contribution is 9.10. The zero-order valence-electron chi connectivity index (χ0n) is 17.6. The number of ether oxygens (including phenoxy) is 1. The number of benzene rings is 1. The number of methoxy groups -OCH3 is 1. The molecule has 9 heteroatoms. The molecular formula is C22H26BrFN2O3S2. The fourth-order valence-electron chi connectivity index (χ4n) is 3.49. The smallest absolute Gasteiger partial charge is 0.348 e. The van der Waals surface area contributed by atoms with Crippen molar-refractivity contribution in [2.75, 3.05) is 32.5 Å². The van der Waals surface area contributed by atoms with Crippen molar-refractivity contribution in [2.24, 2.45) is 5.92 Å². The quantitative estimate of drug-likeness (QED) is 0.394. The number of thioether (sulfide) groups is 1. The van der Waals surface area contributed by atoms with Crippen molar-refractivity contribution >= 4 is 50.2 Å². The fourth-order valence-corrected chi connectivity index (χ4v) is 5.67. The molecule has 0 bridgehead atoms. The molecule has 168 valence electrons. The van der Waals surface area contributed by atoms with E-state index in [0.717, 1.165) is 42.1 Å². The van der Waals surface area contributed by atoms with Gasteiger partial charge in [-0.3, -0.25) is 9.80 Å². The van der Waals surface area contributed by atoms with Gasteiger partial charge < -0.3 is 4.74 Å². The van der Waals surface area contributed by atoms with Crippen molar-refractivity contribution in [1.29, 1.82) is 0 Å². The summed E-state index contributed by atoms with van der Waals surface area (Å²) >= 11 is 6.01. The Kier molecular flexibility index (Phi) is 8.95. The Bertz CT molecular complexity index is 924. The topological polar surface area (TPSA) is 49.9 Å². The molecule has 0 radical (unpaired) electrons. The molecule has 3 rings (SSSR count). The Balaban J connectivity index is 1.53. The zero-order valence-corrected chi connectivity index (χ0v) is 20.8. The third kappa shape index (κ3) is 6.78. The molecular weight excluding hydrogens is 503 g/mol. The van der Waals surface area contributed by atoms with Crippen molar-refractivity contribution in [3.05, 3.63) is 55.9 Å². The Hall–Kier alpha value is -1.42. The van der Waals surface area contributed by atoms with Crippen molar-refractivity contribution in [3.8, 4) is 0 Å². The van der Waals surface area contributed by atoms with E-state index in [4.69, 9.17) is 4.74 Å². The maximum absolute atomic E-state index is 13.4. The first-order chi connectivity index (χ1) is 14.9. The molecule has 1 fully saturated rings. The molecule has 1 aromatic carbocycles. The Morgan fingerprint density at radius 3 is 2.84 bits per heavy atom. The van der Waals surface area contributed by atoms with Crippen LogP contribution in [0, 0.1) is 11.7 Å². The molecule has 5 nitrogen and oxygen atoms in total. The van der Waals surface area contributed by atoms with Crippen LogP contribution in [-0.2, 0) is 17.6 Å². The summed E-state index contributed by atoms with van der Waals surface area (Å²) in [5, 5.41) is 4.06. The van der Waals surface area contributed by atoms with Crippen LogP contribution in [0.4, 0.5) is 9.18 Å². The van der Waals surface area contributed by atoms with Crippen molar-refractivity contribution in [1.82, 2.24) is 10.0 Å². The zero-order chi connectivity index (χ0) is 22.4. The minimum absolute atomic E-state index is 0.0751. The molecule has 1 aliphatic heterocycles. The molecule has 1 aromatic heterocycles. The molecule has 1 saturated heterocycles. The lowest BCUT2D eigenvalue weighted by Crippen LogP contribution is -2.50. The molecule has 1 amide bonds. The highest BCUT2D eigenvalue weighted by Crippen LogP contribution is 2.24. The summed E-state index contributed by atoms with van der Waals surface area (Å²) in [4.78, 5) is 25.8. The highest BCUT2D eigenvalue weighted by Gasteiger charge is 2.27. The lowest BCUT2D eigenvalue weighted by Gasteiger charge is -2.38.